The van der Waals surface area contributed by atoms with Gasteiger partial charge in [-0.05, 0) is 43.9 Å². The highest BCUT2D eigenvalue weighted by molar-refractivity contribution is 5.76. The maximum atomic E-state index is 12.4. The van der Waals surface area contributed by atoms with Crippen molar-refractivity contribution in [2.24, 2.45) is 5.92 Å². The number of furan rings is 1. The molecule has 1 amide bonds. The second kappa shape index (κ2) is 7.13. The number of hydrogen-bond donors (Lipinski definition) is 2. The van der Waals surface area contributed by atoms with Gasteiger partial charge in [0, 0.05) is 6.04 Å². The topological polar surface area (TPSA) is 103 Å². The van der Waals surface area contributed by atoms with Gasteiger partial charge in [-0.15, -0.1) is 0 Å². The normalized spacial score (nSPS) is 20.4. The van der Waals surface area contributed by atoms with Crippen LogP contribution in [-0.2, 0) is 11.3 Å². The number of anilines is 1. The van der Waals surface area contributed by atoms with Gasteiger partial charge >= 0.3 is 0 Å². The van der Waals surface area contributed by atoms with Crippen molar-refractivity contribution >= 4 is 11.6 Å². The summed E-state index contributed by atoms with van der Waals surface area (Å²) in [5.74, 6) is 1.47. The molecule has 0 unspecified atom stereocenters. The minimum Gasteiger partial charge on any atom is -0.460 e. The first-order chi connectivity index (χ1) is 11.9. The molecular formula is C18H24N4O3. The molecule has 3 N–H and O–H groups in total. The molecule has 2 aromatic rings. The van der Waals surface area contributed by atoms with Crippen LogP contribution in [0.2, 0.25) is 0 Å². The third-order valence-corrected chi connectivity index (χ3v) is 4.75. The fraction of sp³-hybridized carbons (Fsp3) is 0.500. The van der Waals surface area contributed by atoms with E-state index < -0.39 is 5.56 Å². The number of nitrogens with one attached hydrogen (secondary N) is 1. The SMILES string of the molecule is Cc1ccc(-c2cc(N)c(=O)n(CC(=O)N[C@H]3CCCC[C@@H]3C)n2)o1. The van der Waals surface area contributed by atoms with Gasteiger partial charge in [0.15, 0.2) is 5.76 Å². The van der Waals surface area contributed by atoms with Gasteiger partial charge in [-0.1, -0.05) is 19.8 Å². The fourth-order valence-electron chi connectivity index (χ4n) is 3.28. The molecular weight excluding hydrogens is 320 g/mol. The van der Waals surface area contributed by atoms with Crippen molar-refractivity contribution in [2.45, 2.75) is 52.1 Å². The number of amides is 1. The van der Waals surface area contributed by atoms with Crippen molar-refractivity contribution in [1.29, 1.82) is 0 Å². The van der Waals surface area contributed by atoms with Crippen molar-refractivity contribution < 1.29 is 9.21 Å². The van der Waals surface area contributed by atoms with E-state index in [0.29, 0.717) is 17.4 Å². The highest BCUT2D eigenvalue weighted by atomic mass is 16.3. The number of nitrogen functional groups attached to an aromatic ring is 1. The Hall–Kier alpha value is -2.57. The van der Waals surface area contributed by atoms with E-state index in [1.54, 1.807) is 12.1 Å². The van der Waals surface area contributed by atoms with Crippen LogP contribution in [0.4, 0.5) is 5.69 Å². The Labute approximate surface area is 146 Å². The Morgan fingerprint density at radius 1 is 1.40 bits per heavy atom. The number of nitrogens with two attached hydrogens (primary N) is 1. The van der Waals surface area contributed by atoms with Gasteiger partial charge in [0.25, 0.3) is 5.56 Å². The third-order valence-electron chi connectivity index (χ3n) is 4.75. The van der Waals surface area contributed by atoms with E-state index in [2.05, 4.69) is 17.3 Å². The maximum Gasteiger partial charge on any atom is 0.290 e. The van der Waals surface area contributed by atoms with Crippen LogP contribution in [0.1, 0.15) is 38.4 Å². The number of nitrogens with zero attached hydrogens (tertiary/aromatic N) is 2. The molecule has 134 valence electrons. The summed E-state index contributed by atoms with van der Waals surface area (Å²) in [5.41, 5.74) is 5.80. The summed E-state index contributed by atoms with van der Waals surface area (Å²) >= 11 is 0. The molecule has 0 aromatic carbocycles. The highest BCUT2D eigenvalue weighted by Crippen LogP contribution is 2.23. The average molecular weight is 344 g/mol. The second-order valence-corrected chi connectivity index (χ2v) is 6.79. The van der Waals surface area contributed by atoms with E-state index in [0.717, 1.165) is 29.7 Å². The summed E-state index contributed by atoms with van der Waals surface area (Å²) in [4.78, 5) is 24.6. The van der Waals surface area contributed by atoms with E-state index in [4.69, 9.17) is 10.2 Å². The number of rotatable bonds is 4. The van der Waals surface area contributed by atoms with Gasteiger partial charge < -0.3 is 15.5 Å². The quantitative estimate of drug-likeness (QED) is 0.884. The Morgan fingerprint density at radius 3 is 2.84 bits per heavy atom. The van der Waals surface area contributed by atoms with Crippen LogP contribution in [0.5, 0.6) is 0 Å². The largest absolute Gasteiger partial charge is 0.460 e. The zero-order chi connectivity index (χ0) is 18.0. The molecule has 0 spiro atoms. The van der Waals surface area contributed by atoms with Gasteiger partial charge in [-0.2, -0.15) is 5.10 Å². The van der Waals surface area contributed by atoms with Gasteiger partial charge in [-0.25, -0.2) is 4.68 Å². The lowest BCUT2D eigenvalue weighted by molar-refractivity contribution is -0.123. The summed E-state index contributed by atoms with van der Waals surface area (Å²) < 4.78 is 6.63. The van der Waals surface area contributed by atoms with E-state index in [1.165, 1.54) is 12.5 Å². The lowest BCUT2D eigenvalue weighted by atomic mass is 9.86. The summed E-state index contributed by atoms with van der Waals surface area (Å²) in [5, 5.41) is 7.26. The van der Waals surface area contributed by atoms with E-state index in [1.807, 2.05) is 6.92 Å². The molecule has 2 heterocycles. The fourth-order valence-corrected chi connectivity index (χ4v) is 3.28. The average Bonchev–Trinajstić information content (AvgIpc) is 3.00. The van der Waals surface area contributed by atoms with Crippen molar-refractivity contribution in [3.05, 3.63) is 34.3 Å². The molecule has 0 radical (unpaired) electrons. The van der Waals surface area contributed by atoms with Crippen LogP contribution >= 0.6 is 0 Å². The molecule has 1 fully saturated rings. The lowest BCUT2D eigenvalue weighted by Gasteiger charge is -2.29. The molecule has 3 rings (SSSR count). The van der Waals surface area contributed by atoms with Crippen LogP contribution < -0.4 is 16.6 Å². The number of aryl methyl sites for hydroxylation is 1. The zero-order valence-electron chi connectivity index (χ0n) is 14.6. The number of aromatic nitrogens is 2. The van der Waals surface area contributed by atoms with Crippen LogP contribution in [-0.4, -0.2) is 21.7 Å². The van der Waals surface area contributed by atoms with Crippen LogP contribution in [0.25, 0.3) is 11.5 Å². The molecule has 1 saturated carbocycles. The first-order valence-corrected chi connectivity index (χ1v) is 8.68. The molecule has 7 nitrogen and oxygen atoms in total. The molecule has 7 heteroatoms. The minimum atomic E-state index is -0.473. The Bertz CT molecular complexity index is 824. The summed E-state index contributed by atoms with van der Waals surface area (Å²) in [6, 6.07) is 5.19. The van der Waals surface area contributed by atoms with Crippen molar-refractivity contribution in [2.75, 3.05) is 5.73 Å². The number of hydrogen-bond acceptors (Lipinski definition) is 5. The summed E-state index contributed by atoms with van der Waals surface area (Å²) in [6.45, 7) is 3.81. The molecule has 0 aliphatic heterocycles. The number of carbonyl (C=O) groups excluding carboxylic acids is 1. The Morgan fingerprint density at radius 2 is 2.16 bits per heavy atom. The first kappa shape index (κ1) is 17.3. The molecule has 0 saturated heterocycles. The second-order valence-electron chi connectivity index (χ2n) is 6.79. The molecule has 0 bridgehead atoms. The van der Waals surface area contributed by atoms with Gasteiger partial charge in [0.1, 0.15) is 23.7 Å². The van der Waals surface area contributed by atoms with Gasteiger partial charge in [0.2, 0.25) is 5.91 Å². The monoisotopic (exact) mass is 344 g/mol. The number of carbonyl (C=O) groups is 1. The maximum absolute atomic E-state index is 12.4. The van der Waals surface area contributed by atoms with Gasteiger partial charge in [-0.3, -0.25) is 9.59 Å². The summed E-state index contributed by atoms with van der Waals surface area (Å²) in [6.07, 6.45) is 4.41. The summed E-state index contributed by atoms with van der Waals surface area (Å²) in [7, 11) is 0. The van der Waals surface area contributed by atoms with Crippen LogP contribution in [0.3, 0.4) is 0 Å². The van der Waals surface area contributed by atoms with Gasteiger partial charge in [0.05, 0.1) is 0 Å². The lowest BCUT2D eigenvalue weighted by Crippen LogP contribution is -2.44. The minimum absolute atomic E-state index is 0.0397. The predicted molar refractivity (Wildman–Crippen MR) is 94.9 cm³/mol. The van der Waals surface area contributed by atoms with Crippen molar-refractivity contribution in [3.63, 3.8) is 0 Å². The van der Waals surface area contributed by atoms with Crippen LogP contribution in [0, 0.1) is 12.8 Å². The third kappa shape index (κ3) is 3.92. The Kier molecular flexibility index (Phi) is 4.92. The van der Waals surface area contributed by atoms with Crippen molar-refractivity contribution in [1.82, 2.24) is 15.1 Å². The Balaban J connectivity index is 1.78. The molecule has 1 aliphatic carbocycles. The van der Waals surface area contributed by atoms with E-state index in [-0.39, 0.29) is 24.2 Å². The van der Waals surface area contributed by atoms with Crippen LogP contribution in [0.15, 0.2) is 27.4 Å². The molecule has 1 aliphatic rings. The smallest absolute Gasteiger partial charge is 0.290 e. The molecule has 2 aromatic heterocycles. The first-order valence-electron chi connectivity index (χ1n) is 8.68. The molecule has 25 heavy (non-hydrogen) atoms. The highest BCUT2D eigenvalue weighted by Gasteiger charge is 2.23. The predicted octanol–water partition coefficient (Wildman–Crippen LogP) is 2.09. The van der Waals surface area contributed by atoms with E-state index in [9.17, 15) is 9.59 Å². The standard InChI is InChI=1S/C18H24N4O3/c1-11-5-3-4-6-14(11)20-17(23)10-22-18(24)13(19)9-15(21-22)16-8-7-12(2)25-16/h7-9,11,14H,3-6,10,19H2,1-2H3,(H,20,23)/t11-,14-/m0/s1. The molecule has 2 atom stereocenters. The van der Waals surface area contributed by atoms with E-state index >= 15 is 0 Å². The van der Waals surface area contributed by atoms with Crippen molar-refractivity contribution in [3.8, 4) is 11.5 Å². The zero-order valence-corrected chi connectivity index (χ0v) is 14.6.